The minimum Gasteiger partial charge on any atom is -0.487 e. The maximum Gasteiger partial charge on any atom is 0.161 e. The first-order chi connectivity index (χ1) is 10.9. The highest BCUT2D eigenvalue weighted by molar-refractivity contribution is 5.39. The lowest BCUT2D eigenvalue weighted by Crippen LogP contribution is -2.41. The number of nitrogens with one attached hydrogen (secondary N) is 1. The zero-order valence-electron chi connectivity index (χ0n) is 12.5. The highest BCUT2D eigenvalue weighted by Gasteiger charge is 2.15. The van der Waals surface area contributed by atoms with Crippen LogP contribution in [0.1, 0.15) is 5.56 Å². The van der Waals surface area contributed by atoms with Crippen LogP contribution < -0.4 is 14.8 Å². The molecule has 116 valence electrons. The van der Waals surface area contributed by atoms with Crippen LogP contribution in [-0.2, 0) is 11.3 Å². The number of rotatable bonds is 6. The monoisotopic (exact) mass is 299 g/mol. The van der Waals surface area contributed by atoms with Crippen molar-refractivity contribution in [1.29, 1.82) is 0 Å². The van der Waals surface area contributed by atoms with Gasteiger partial charge in [-0.1, -0.05) is 42.5 Å². The quantitative estimate of drug-likeness (QED) is 0.890. The topological polar surface area (TPSA) is 39.7 Å². The number of benzene rings is 2. The second kappa shape index (κ2) is 7.82. The first-order valence-corrected chi connectivity index (χ1v) is 7.63. The largest absolute Gasteiger partial charge is 0.487 e. The molecule has 22 heavy (non-hydrogen) atoms. The smallest absolute Gasteiger partial charge is 0.161 e. The molecule has 4 heteroatoms. The molecule has 0 amide bonds. The lowest BCUT2D eigenvalue weighted by Gasteiger charge is -2.24. The fraction of sp³-hybridized carbons (Fsp3) is 0.333. The Morgan fingerprint density at radius 1 is 0.955 bits per heavy atom. The van der Waals surface area contributed by atoms with Gasteiger partial charge in [-0.25, -0.2) is 0 Å². The van der Waals surface area contributed by atoms with Crippen LogP contribution in [0.2, 0.25) is 0 Å². The van der Waals surface area contributed by atoms with Crippen molar-refractivity contribution in [1.82, 2.24) is 5.32 Å². The molecular weight excluding hydrogens is 278 g/mol. The third-order valence-corrected chi connectivity index (χ3v) is 3.52. The number of hydrogen-bond acceptors (Lipinski definition) is 4. The van der Waals surface area contributed by atoms with Gasteiger partial charge in [-0.3, -0.25) is 0 Å². The molecule has 1 saturated heterocycles. The fourth-order valence-electron chi connectivity index (χ4n) is 2.33. The Balaban J connectivity index is 1.57. The van der Waals surface area contributed by atoms with E-state index in [9.17, 15) is 0 Å². The van der Waals surface area contributed by atoms with Crippen molar-refractivity contribution in [3.63, 3.8) is 0 Å². The van der Waals surface area contributed by atoms with Gasteiger partial charge in [-0.05, 0) is 17.7 Å². The van der Waals surface area contributed by atoms with E-state index in [0.29, 0.717) is 13.2 Å². The predicted molar refractivity (Wildman–Crippen MR) is 85.3 cm³/mol. The first-order valence-electron chi connectivity index (χ1n) is 7.63. The number of ether oxygens (including phenoxy) is 3. The van der Waals surface area contributed by atoms with E-state index in [2.05, 4.69) is 5.32 Å². The van der Waals surface area contributed by atoms with Gasteiger partial charge in [0.15, 0.2) is 11.5 Å². The van der Waals surface area contributed by atoms with E-state index in [4.69, 9.17) is 14.2 Å². The summed E-state index contributed by atoms with van der Waals surface area (Å²) in [5, 5.41) is 3.30. The van der Waals surface area contributed by atoms with Crippen molar-refractivity contribution in [2.45, 2.75) is 12.7 Å². The summed E-state index contributed by atoms with van der Waals surface area (Å²) in [6.07, 6.45) is 0.0935. The average molecular weight is 299 g/mol. The van der Waals surface area contributed by atoms with Crippen LogP contribution in [0.3, 0.4) is 0 Å². The molecule has 0 aromatic heterocycles. The summed E-state index contributed by atoms with van der Waals surface area (Å²) in [7, 11) is 0. The highest BCUT2D eigenvalue weighted by atomic mass is 16.5. The van der Waals surface area contributed by atoms with Gasteiger partial charge in [-0.15, -0.1) is 0 Å². The van der Waals surface area contributed by atoms with Crippen molar-refractivity contribution in [3.05, 3.63) is 60.2 Å². The van der Waals surface area contributed by atoms with Crippen molar-refractivity contribution < 1.29 is 14.2 Å². The molecular formula is C18H21NO3. The maximum atomic E-state index is 5.88. The van der Waals surface area contributed by atoms with Crippen LogP contribution in [-0.4, -0.2) is 32.4 Å². The molecule has 1 aliphatic rings. The standard InChI is InChI=1S/C18H21NO3/c1-2-6-15(7-3-1)13-21-17-8-4-5-9-18(17)22-14-16-12-19-10-11-20-16/h1-9,16,19H,10-14H2. The van der Waals surface area contributed by atoms with Crippen molar-refractivity contribution in [2.24, 2.45) is 0 Å². The molecule has 0 radical (unpaired) electrons. The molecule has 1 atom stereocenters. The third-order valence-electron chi connectivity index (χ3n) is 3.52. The van der Waals surface area contributed by atoms with E-state index in [1.165, 1.54) is 0 Å². The molecule has 0 bridgehead atoms. The summed E-state index contributed by atoms with van der Waals surface area (Å²) < 4.78 is 17.4. The summed E-state index contributed by atoms with van der Waals surface area (Å²) in [5.41, 5.74) is 1.14. The summed E-state index contributed by atoms with van der Waals surface area (Å²) in [6, 6.07) is 17.9. The zero-order chi connectivity index (χ0) is 15.0. The molecule has 0 saturated carbocycles. The van der Waals surface area contributed by atoms with E-state index in [-0.39, 0.29) is 6.10 Å². The van der Waals surface area contributed by atoms with E-state index in [0.717, 1.165) is 36.8 Å². The minimum absolute atomic E-state index is 0.0935. The molecule has 0 aliphatic carbocycles. The van der Waals surface area contributed by atoms with Crippen LogP contribution in [0.5, 0.6) is 11.5 Å². The Morgan fingerprint density at radius 3 is 2.41 bits per heavy atom. The predicted octanol–water partition coefficient (Wildman–Crippen LogP) is 2.63. The summed E-state index contributed by atoms with van der Waals surface area (Å²) in [4.78, 5) is 0. The number of hydrogen-bond donors (Lipinski definition) is 1. The Morgan fingerprint density at radius 2 is 1.68 bits per heavy atom. The van der Waals surface area contributed by atoms with Gasteiger partial charge in [0.2, 0.25) is 0 Å². The lowest BCUT2D eigenvalue weighted by atomic mass is 10.2. The van der Waals surface area contributed by atoms with Gasteiger partial charge in [0.1, 0.15) is 19.3 Å². The Hall–Kier alpha value is -2.04. The van der Waals surface area contributed by atoms with Gasteiger partial charge in [0.25, 0.3) is 0 Å². The second-order valence-corrected chi connectivity index (χ2v) is 5.23. The molecule has 1 unspecified atom stereocenters. The molecule has 1 fully saturated rings. The number of morpholine rings is 1. The van der Waals surface area contributed by atoms with Crippen LogP contribution in [0.4, 0.5) is 0 Å². The van der Waals surface area contributed by atoms with Crippen LogP contribution in [0.25, 0.3) is 0 Å². The molecule has 1 heterocycles. The Kier molecular flexibility index (Phi) is 5.29. The SMILES string of the molecule is c1ccc(COc2ccccc2OCC2CNCCO2)cc1. The minimum atomic E-state index is 0.0935. The highest BCUT2D eigenvalue weighted by Crippen LogP contribution is 2.27. The zero-order valence-corrected chi connectivity index (χ0v) is 12.5. The average Bonchev–Trinajstić information content (AvgIpc) is 2.61. The van der Waals surface area contributed by atoms with Gasteiger partial charge in [0.05, 0.1) is 6.61 Å². The molecule has 2 aromatic rings. The normalized spacial score (nSPS) is 17.9. The van der Waals surface area contributed by atoms with Gasteiger partial charge in [-0.2, -0.15) is 0 Å². The van der Waals surface area contributed by atoms with Crippen molar-refractivity contribution in [2.75, 3.05) is 26.3 Å². The van der Waals surface area contributed by atoms with Gasteiger partial charge >= 0.3 is 0 Å². The van der Waals surface area contributed by atoms with E-state index in [1.807, 2.05) is 54.6 Å². The van der Waals surface area contributed by atoms with Gasteiger partial charge in [0, 0.05) is 13.1 Å². The Labute approximate surface area is 131 Å². The molecule has 3 rings (SSSR count). The number of para-hydroxylation sites is 2. The Bertz CT molecular complexity index is 568. The van der Waals surface area contributed by atoms with Crippen molar-refractivity contribution in [3.8, 4) is 11.5 Å². The van der Waals surface area contributed by atoms with Crippen LogP contribution in [0, 0.1) is 0 Å². The fourth-order valence-corrected chi connectivity index (χ4v) is 2.33. The molecule has 1 N–H and O–H groups in total. The van der Waals surface area contributed by atoms with Gasteiger partial charge < -0.3 is 19.5 Å². The third kappa shape index (κ3) is 4.23. The summed E-state index contributed by atoms with van der Waals surface area (Å²) in [6.45, 7) is 3.53. The second-order valence-electron chi connectivity index (χ2n) is 5.23. The van der Waals surface area contributed by atoms with E-state index >= 15 is 0 Å². The van der Waals surface area contributed by atoms with E-state index in [1.54, 1.807) is 0 Å². The van der Waals surface area contributed by atoms with Crippen molar-refractivity contribution >= 4 is 0 Å². The maximum absolute atomic E-state index is 5.88. The van der Waals surface area contributed by atoms with E-state index < -0.39 is 0 Å². The molecule has 4 nitrogen and oxygen atoms in total. The molecule has 1 aliphatic heterocycles. The summed E-state index contributed by atoms with van der Waals surface area (Å²) >= 11 is 0. The van der Waals surface area contributed by atoms with Crippen LogP contribution in [0.15, 0.2) is 54.6 Å². The molecule has 0 spiro atoms. The van der Waals surface area contributed by atoms with Crippen LogP contribution >= 0.6 is 0 Å². The molecule has 2 aromatic carbocycles. The first kappa shape index (κ1) is 14.9. The summed E-state index contributed by atoms with van der Waals surface area (Å²) in [5.74, 6) is 1.52. The lowest BCUT2D eigenvalue weighted by molar-refractivity contribution is -0.000418.